The number of anilines is 2. The first kappa shape index (κ1) is 18.1. The molecule has 0 saturated heterocycles. The summed E-state index contributed by atoms with van der Waals surface area (Å²) in [5, 5.41) is 5.63. The number of hydrogen-bond donors (Lipinski definition) is 3. The molecule has 122 valence electrons. The van der Waals surface area contributed by atoms with E-state index in [9.17, 15) is 9.59 Å². The summed E-state index contributed by atoms with van der Waals surface area (Å²) in [7, 11) is 3.85. The van der Waals surface area contributed by atoms with E-state index in [1.165, 1.54) is 0 Å². The van der Waals surface area contributed by atoms with E-state index in [1.54, 1.807) is 24.3 Å². The molecule has 1 atom stereocenters. The van der Waals surface area contributed by atoms with Crippen molar-refractivity contribution in [3.05, 3.63) is 24.3 Å². The largest absolute Gasteiger partial charge is 0.328 e. The van der Waals surface area contributed by atoms with Crippen molar-refractivity contribution in [1.82, 2.24) is 4.90 Å². The Labute approximate surface area is 132 Å². The van der Waals surface area contributed by atoms with Crippen LogP contribution in [0.4, 0.5) is 11.4 Å². The summed E-state index contributed by atoms with van der Waals surface area (Å²) in [4.78, 5) is 25.4. The fourth-order valence-corrected chi connectivity index (χ4v) is 1.77. The molecule has 0 bridgehead atoms. The highest BCUT2D eigenvalue weighted by Crippen LogP contribution is 2.14. The number of hydrogen-bond acceptors (Lipinski definition) is 4. The molecule has 6 heteroatoms. The van der Waals surface area contributed by atoms with Gasteiger partial charge in [-0.25, -0.2) is 0 Å². The lowest BCUT2D eigenvalue weighted by atomic mass is 10.2. The van der Waals surface area contributed by atoms with E-state index in [2.05, 4.69) is 10.6 Å². The van der Waals surface area contributed by atoms with Crippen molar-refractivity contribution in [1.29, 1.82) is 0 Å². The van der Waals surface area contributed by atoms with Crippen molar-refractivity contribution in [3.8, 4) is 0 Å². The lowest BCUT2D eigenvalue weighted by Crippen LogP contribution is -2.21. The predicted molar refractivity (Wildman–Crippen MR) is 89.8 cm³/mol. The van der Waals surface area contributed by atoms with Gasteiger partial charge in [0, 0.05) is 36.8 Å². The molecule has 2 amide bonds. The van der Waals surface area contributed by atoms with Crippen LogP contribution < -0.4 is 16.4 Å². The van der Waals surface area contributed by atoms with Gasteiger partial charge in [-0.1, -0.05) is 0 Å². The molecule has 0 aliphatic heterocycles. The molecule has 4 N–H and O–H groups in total. The van der Waals surface area contributed by atoms with Gasteiger partial charge in [-0.2, -0.15) is 0 Å². The molecule has 1 unspecified atom stereocenters. The highest BCUT2D eigenvalue weighted by Gasteiger charge is 2.06. The van der Waals surface area contributed by atoms with Crippen molar-refractivity contribution < 1.29 is 9.59 Å². The maximum Gasteiger partial charge on any atom is 0.225 e. The monoisotopic (exact) mass is 306 g/mol. The van der Waals surface area contributed by atoms with Crippen molar-refractivity contribution in [2.24, 2.45) is 5.73 Å². The maximum absolute atomic E-state index is 11.7. The Bertz CT molecular complexity index is 438. The number of carbonyl (C=O) groups is 2. The number of nitrogens with two attached hydrogens (primary N) is 1. The van der Waals surface area contributed by atoms with Crippen molar-refractivity contribution >= 4 is 23.2 Å². The molecule has 0 aliphatic rings. The van der Waals surface area contributed by atoms with Crippen LogP contribution in [0.15, 0.2) is 24.3 Å². The molecule has 1 aromatic carbocycles. The zero-order valence-corrected chi connectivity index (χ0v) is 13.6. The molecule has 1 aromatic rings. The minimum absolute atomic E-state index is 0.0190. The lowest BCUT2D eigenvalue weighted by Gasteiger charge is -2.10. The molecule has 0 radical (unpaired) electrons. The Morgan fingerprint density at radius 1 is 1.05 bits per heavy atom. The first-order valence-electron chi connectivity index (χ1n) is 7.47. The number of rotatable bonds is 8. The van der Waals surface area contributed by atoms with Gasteiger partial charge in [0.1, 0.15) is 0 Å². The quantitative estimate of drug-likeness (QED) is 0.681. The normalized spacial score (nSPS) is 12.0. The third kappa shape index (κ3) is 7.75. The molecule has 22 heavy (non-hydrogen) atoms. The first-order chi connectivity index (χ1) is 10.4. The fourth-order valence-electron chi connectivity index (χ4n) is 1.77. The summed E-state index contributed by atoms with van der Waals surface area (Å²) in [5.74, 6) is -0.0810. The van der Waals surface area contributed by atoms with Crippen LogP contribution >= 0.6 is 0 Å². The van der Waals surface area contributed by atoms with Crippen molar-refractivity contribution in [2.75, 3.05) is 31.3 Å². The highest BCUT2D eigenvalue weighted by molar-refractivity contribution is 5.93. The van der Waals surface area contributed by atoms with Gasteiger partial charge in [0.05, 0.1) is 0 Å². The van der Waals surface area contributed by atoms with Crippen LogP contribution in [-0.4, -0.2) is 43.4 Å². The second kappa shape index (κ2) is 9.17. The second-order valence-electron chi connectivity index (χ2n) is 5.74. The lowest BCUT2D eigenvalue weighted by molar-refractivity contribution is -0.117. The molecule has 6 nitrogen and oxygen atoms in total. The average molecular weight is 306 g/mol. The van der Waals surface area contributed by atoms with E-state index >= 15 is 0 Å². The average Bonchev–Trinajstić information content (AvgIpc) is 2.45. The molecular formula is C16H26N4O2. The van der Waals surface area contributed by atoms with Gasteiger partial charge in [0.25, 0.3) is 0 Å². The van der Waals surface area contributed by atoms with Gasteiger partial charge in [-0.05, 0) is 51.7 Å². The topological polar surface area (TPSA) is 87.5 Å². The van der Waals surface area contributed by atoms with Gasteiger partial charge in [0.2, 0.25) is 11.8 Å². The van der Waals surface area contributed by atoms with Gasteiger partial charge in [-0.15, -0.1) is 0 Å². The van der Waals surface area contributed by atoms with Crippen LogP contribution in [0.25, 0.3) is 0 Å². The van der Waals surface area contributed by atoms with E-state index in [-0.39, 0.29) is 17.9 Å². The second-order valence-corrected chi connectivity index (χ2v) is 5.74. The molecule has 0 fully saturated rings. The third-order valence-electron chi connectivity index (χ3n) is 3.07. The Hall–Kier alpha value is -1.92. The summed E-state index contributed by atoms with van der Waals surface area (Å²) in [6.45, 7) is 2.58. The van der Waals surface area contributed by atoms with Gasteiger partial charge in [-0.3, -0.25) is 9.59 Å². The minimum Gasteiger partial charge on any atom is -0.328 e. The first-order valence-corrected chi connectivity index (χ1v) is 7.47. The van der Waals surface area contributed by atoms with Gasteiger partial charge >= 0.3 is 0 Å². The molecule has 0 aromatic heterocycles. The van der Waals surface area contributed by atoms with E-state index in [0.717, 1.165) is 5.69 Å². The zero-order chi connectivity index (χ0) is 16.5. The van der Waals surface area contributed by atoms with E-state index in [4.69, 9.17) is 5.73 Å². The Morgan fingerprint density at radius 2 is 1.50 bits per heavy atom. The SMILES string of the molecule is CC(N)CCC(=O)Nc1ccc(NC(=O)CCN(C)C)cc1. The summed E-state index contributed by atoms with van der Waals surface area (Å²) in [5.41, 5.74) is 7.05. The van der Waals surface area contributed by atoms with Gasteiger partial charge in [0.15, 0.2) is 0 Å². The number of benzene rings is 1. The summed E-state index contributed by atoms with van der Waals surface area (Å²) in [6.07, 6.45) is 1.51. The minimum atomic E-state index is -0.0555. The van der Waals surface area contributed by atoms with Crippen LogP contribution in [0.2, 0.25) is 0 Å². The molecular weight excluding hydrogens is 280 g/mol. The Balaban J connectivity index is 2.42. The fraction of sp³-hybridized carbons (Fsp3) is 0.500. The van der Waals surface area contributed by atoms with Crippen LogP contribution in [0, 0.1) is 0 Å². The Morgan fingerprint density at radius 3 is 1.91 bits per heavy atom. The maximum atomic E-state index is 11.7. The molecule has 0 saturated carbocycles. The number of nitrogens with zero attached hydrogens (tertiary/aromatic N) is 1. The van der Waals surface area contributed by atoms with Crippen LogP contribution in [-0.2, 0) is 9.59 Å². The molecule has 0 spiro atoms. The van der Waals surface area contributed by atoms with Crippen LogP contribution in [0.1, 0.15) is 26.2 Å². The number of carbonyl (C=O) groups excluding carboxylic acids is 2. The Kier molecular flexibility index (Phi) is 7.56. The van der Waals surface area contributed by atoms with Crippen molar-refractivity contribution in [3.63, 3.8) is 0 Å². The van der Waals surface area contributed by atoms with Crippen LogP contribution in [0.3, 0.4) is 0 Å². The third-order valence-corrected chi connectivity index (χ3v) is 3.07. The van der Waals surface area contributed by atoms with E-state index in [0.29, 0.717) is 31.5 Å². The predicted octanol–water partition coefficient (Wildman–Crippen LogP) is 1.64. The summed E-state index contributed by atoms with van der Waals surface area (Å²) in [6, 6.07) is 7.10. The summed E-state index contributed by atoms with van der Waals surface area (Å²) >= 11 is 0. The molecule has 1 rings (SSSR count). The van der Waals surface area contributed by atoms with E-state index < -0.39 is 0 Å². The van der Waals surface area contributed by atoms with Crippen molar-refractivity contribution in [2.45, 2.75) is 32.2 Å². The standard InChI is InChI=1S/C16H26N4O2/c1-12(17)4-9-15(21)18-13-5-7-14(8-6-13)19-16(22)10-11-20(2)3/h5-8,12H,4,9-11,17H2,1-3H3,(H,18,21)(H,19,22). The van der Waals surface area contributed by atoms with Crippen LogP contribution in [0.5, 0.6) is 0 Å². The zero-order valence-electron chi connectivity index (χ0n) is 13.6. The highest BCUT2D eigenvalue weighted by atomic mass is 16.2. The number of nitrogens with one attached hydrogen (secondary N) is 2. The summed E-state index contributed by atoms with van der Waals surface area (Å²) < 4.78 is 0. The smallest absolute Gasteiger partial charge is 0.225 e. The molecule has 0 aliphatic carbocycles. The molecule has 0 heterocycles. The number of amides is 2. The van der Waals surface area contributed by atoms with Gasteiger partial charge < -0.3 is 21.3 Å². The van der Waals surface area contributed by atoms with E-state index in [1.807, 2.05) is 25.9 Å².